The Kier molecular flexibility index (Phi) is 3.83. The Labute approximate surface area is 137 Å². The molecule has 1 aliphatic heterocycles. The fourth-order valence-corrected chi connectivity index (χ4v) is 4.09. The predicted octanol–water partition coefficient (Wildman–Crippen LogP) is 3.20. The summed E-state index contributed by atoms with van der Waals surface area (Å²) >= 11 is 0. The number of aliphatic hydroxyl groups is 2. The molecule has 0 saturated heterocycles. The summed E-state index contributed by atoms with van der Waals surface area (Å²) in [5.74, 6) is 0. The zero-order valence-electron chi connectivity index (χ0n) is 13.2. The van der Waals surface area contributed by atoms with Crippen LogP contribution in [-0.4, -0.2) is 28.5 Å². The van der Waals surface area contributed by atoms with E-state index >= 15 is 0 Å². The van der Waals surface area contributed by atoms with Gasteiger partial charge in [0.25, 0.3) is 0 Å². The molecule has 4 rings (SSSR count). The second-order valence-corrected chi connectivity index (χ2v) is 6.68. The highest BCUT2D eigenvalue weighted by molar-refractivity contribution is 5.72. The molecule has 3 nitrogen and oxygen atoms in total. The largest absolute Gasteiger partial charge is 0.390 e. The molecule has 3 atom stereocenters. The molecule has 1 heterocycles. The Morgan fingerprint density at radius 1 is 0.783 bits per heavy atom. The van der Waals surface area contributed by atoms with Crippen molar-refractivity contribution in [2.45, 2.75) is 50.4 Å². The Hall–Kier alpha value is -1.84. The lowest BCUT2D eigenvalue weighted by Gasteiger charge is -2.41. The number of nitrogens with zero attached hydrogens (tertiary/aromatic N) is 1. The topological polar surface area (TPSA) is 43.7 Å². The molecule has 23 heavy (non-hydrogen) atoms. The fraction of sp³-hybridized carbons (Fsp3) is 0.400. The number of benzene rings is 2. The molecule has 1 saturated carbocycles. The summed E-state index contributed by atoms with van der Waals surface area (Å²) in [4.78, 5) is 2.28. The molecule has 2 aromatic carbocycles. The minimum atomic E-state index is -0.706. The van der Waals surface area contributed by atoms with E-state index in [2.05, 4.69) is 53.4 Å². The Bertz CT molecular complexity index is 652. The van der Waals surface area contributed by atoms with Gasteiger partial charge in [0.15, 0.2) is 0 Å². The van der Waals surface area contributed by atoms with Crippen molar-refractivity contribution in [1.29, 1.82) is 0 Å². The van der Waals surface area contributed by atoms with E-state index in [0.29, 0.717) is 6.42 Å². The van der Waals surface area contributed by atoms with E-state index < -0.39 is 12.2 Å². The molecule has 0 spiro atoms. The average molecular weight is 309 g/mol. The lowest BCUT2D eigenvalue weighted by molar-refractivity contribution is -0.0204. The van der Waals surface area contributed by atoms with Gasteiger partial charge in [-0.15, -0.1) is 0 Å². The number of fused-ring (bicyclic) bond motifs is 2. The minimum absolute atomic E-state index is 0.0702. The quantitative estimate of drug-likeness (QED) is 0.850. The van der Waals surface area contributed by atoms with Crippen LogP contribution in [0.1, 0.15) is 30.4 Å². The van der Waals surface area contributed by atoms with Crippen molar-refractivity contribution in [3.8, 4) is 0 Å². The lowest BCUT2D eigenvalue weighted by atomic mass is 9.88. The Morgan fingerprint density at radius 3 is 1.96 bits per heavy atom. The van der Waals surface area contributed by atoms with E-state index in [0.717, 1.165) is 25.7 Å². The van der Waals surface area contributed by atoms with Crippen LogP contribution in [0.15, 0.2) is 48.5 Å². The van der Waals surface area contributed by atoms with Gasteiger partial charge in [-0.1, -0.05) is 36.4 Å². The lowest BCUT2D eigenvalue weighted by Crippen LogP contribution is -2.50. The van der Waals surface area contributed by atoms with Gasteiger partial charge in [-0.3, -0.25) is 0 Å². The van der Waals surface area contributed by atoms with Gasteiger partial charge in [-0.05, 0) is 55.4 Å². The van der Waals surface area contributed by atoms with Gasteiger partial charge >= 0.3 is 0 Å². The molecule has 120 valence electrons. The number of hydrogen-bond donors (Lipinski definition) is 2. The highest BCUT2D eigenvalue weighted by Gasteiger charge is 2.37. The number of aliphatic hydroxyl groups excluding tert-OH is 2. The monoisotopic (exact) mass is 309 g/mol. The van der Waals surface area contributed by atoms with Crippen LogP contribution >= 0.6 is 0 Å². The van der Waals surface area contributed by atoms with Gasteiger partial charge in [0.2, 0.25) is 0 Å². The van der Waals surface area contributed by atoms with Gasteiger partial charge < -0.3 is 15.1 Å². The minimum Gasteiger partial charge on any atom is -0.390 e. The number of hydrogen-bond acceptors (Lipinski definition) is 3. The number of rotatable bonds is 1. The van der Waals surface area contributed by atoms with Crippen LogP contribution < -0.4 is 4.90 Å². The molecule has 0 aromatic heterocycles. The summed E-state index contributed by atoms with van der Waals surface area (Å²) in [6.07, 6.45) is 3.23. The molecule has 0 radical (unpaired) electrons. The van der Waals surface area contributed by atoms with E-state index in [4.69, 9.17) is 0 Å². The second kappa shape index (κ2) is 5.99. The fourth-order valence-electron chi connectivity index (χ4n) is 4.09. The highest BCUT2D eigenvalue weighted by Crippen LogP contribution is 2.40. The van der Waals surface area contributed by atoms with Gasteiger partial charge in [0, 0.05) is 11.4 Å². The zero-order chi connectivity index (χ0) is 15.8. The third-order valence-corrected chi connectivity index (χ3v) is 5.29. The van der Waals surface area contributed by atoms with Gasteiger partial charge in [0.1, 0.15) is 6.10 Å². The van der Waals surface area contributed by atoms with Gasteiger partial charge in [-0.25, -0.2) is 0 Å². The van der Waals surface area contributed by atoms with Gasteiger partial charge in [-0.2, -0.15) is 0 Å². The van der Waals surface area contributed by atoms with Crippen molar-refractivity contribution in [2.75, 3.05) is 4.90 Å². The highest BCUT2D eigenvalue weighted by atomic mass is 16.3. The van der Waals surface area contributed by atoms with Crippen LogP contribution in [0.2, 0.25) is 0 Å². The Morgan fingerprint density at radius 2 is 1.35 bits per heavy atom. The van der Waals surface area contributed by atoms with Crippen molar-refractivity contribution in [2.24, 2.45) is 0 Å². The predicted molar refractivity (Wildman–Crippen MR) is 92.1 cm³/mol. The summed E-state index contributed by atoms with van der Waals surface area (Å²) in [6, 6.07) is 16.9. The van der Waals surface area contributed by atoms with Crippen LogP contribution in [0, 0.1) is 0 Å². The normalized spacial score (nSPS) is 27.0. The summed E-state index contributed by atoms with van der Waals surface area (Å²) in [6.45, 7) is 0. The van der Waals surface area contributed by atoms with Crippen LogP contribution in [0.4, 0.5) is 11.4 Å². The maximum absolute atomic E-state index is 10.6. The van der Waals surface area contributed by atoms with Crippen LogP contribution in [0.3, 0.4) is 0 Å². The molecule has 2 aromatic rings. The molecule has 1 fully saturated rings. The second-order valence-electron chi connectivity index (χ2n) is 6.68. The summed E-state index contributed by atoms with van der Waals surface area (Å²) in [5.41, 5.74) is 4.98. The molecule has 2 N–H and O–H groups in total. The molecule has 1 aliphatic carbocycles. The van der Waals surface area contributed by atoms with Crippen LogP contribution in [0.25, 0.3) is 0 Å². The first-order valence-electron chi connectivity index (χ1n) is 8.57. The number of aryl methyl sites for hydroxylation is 2. The zero-order valence-corrected chi connectivity index (χ0v) is 13.2. The summed E-state index contributed by atoms with van der Waals surface area (Å²) in [7, 11) is 0. The molecule has 3 heteroatoms. The average Bonchev–Trinajstić information content (AvgIpc) is 2.75. The third-order valence-electron chi connectivity index (χ3n) is 5.29. The molecule has 0 amide bonds. The van der Waals surface area contributed by atoms with Crippen molar-refractivity contribution >= 4 is 11.4 Å². The van der Waals surface area contributed by atoms with E-state index in [-0.39, 0.29) is 6.04 Å². The van der Waals surface area contributed by atoms with Crippen LogP contribution in [0.5, 0.6) is 0 Å². The van der Waals surface area contributed by atoms with E-state index in [1.165, 1.54) is 22.5 Å². The van der Waals surface area contributed by atoms with Crippen molar-refractivity contribution < 1.29 is 10.2 Å². The molecule has 1 unspecified atom stereocenters. The van der Waals surface area contributed by atoms with Crippen molar-refractivity contribution in [3.63, 3.8) is 0 Å². The maximum Gasteiger partial charge on any atom is 0.101 e. The maximum atomic E-state index is 10.6. The van der Waals surface area contributed by atoms with E-state index in [1.807, 2.05) is 0 Å². The van der Waals surface area contributed by atoms with E-state index in [1.54, 1.807) is 0 Å². The number of anilines is 2. The smallest absolute Gasteiger partial charge is 0.101 e. The first-order chi connectivity index (χ1) is 11.3. The summed E-state index contributed by atoms with van der Waals surface area (Å²) < 4.78 is 0. The van der Waals surface area contributed by atoms with E-state index in [9.17, 15) is 10.2 Å². The first-order valence-corrected chi connectivity index (χ1v) is 8.57. The Balaban J connectivity index is 1.86. The molecule has 0 bridgehead atoms. The summed E-state index contributed by atoms with van der Waals surface area (Å²) in [5, 5.41) is 20.8. The van der Waals surface area contributed by atoms with Crippen molar-refractivity contribution in [1.82, 2.24) is 0 Å². The number of para-hydroxylation sites is 2. The first kappa shape index (κ1) is 14.7. The van der Waals surface area contributed by atoms with Crippen LogP contribution in [-0.2, 0) is 12.8 Å². The standard InChI is InChI=1S/C20H23NO2/c22-19-11-5-10-18(20(19)23)21-16-8-3-1-6-14(16)12-13-15-7-2-4-9-17(15)21/h1-4,6-9,18-20,22-23H,5,10-13H2/t18?,19-,20+/m1/s1. The SMILES string of the molecule is O[C@@H]1CCCC(N2c3ccccc3CCc3ccccc32)[C@@H]1O. The van der Waals surface area contributed by atoms with Gasteiger partial charge in [0.05, 0.1) is 12.1 Å². The van der Waals surface area contributed by atoms with Crippen molar-refractivity contribution in [3.05, 3.63) is 59.7 Å². The molecular weight excluding hydrogens is 286 g/mol. The molecular formula is C20H23NO2. The molecule has 2 aliphatic rings. The third kappa shape index (κ3) is 2.54.